The fourth-order valence-electron chi connectivity index (χ4n) is 4.06. The van der Waals surface area contributed by atoms with Crippen molar-refractivity contribution in [3.8, 4) is 0 Å². The normalized spacial score (nSPS) is 25.6. The van der Waals surface area contributed by atoms with Gasteiger partial charge in [0.1, 0.15) is 0 Å². The number of carbonyl (C=O) groups is 1. The van der Waals surface area contributed by atoms with Crippen molar-refractivity contribution in [2.24, 2.45) is 5.73 Å². The lowest BCUT2D eigenvalue weighted by Gasteiger charge is -2.35. The summed E-state index contributed by atoms with van der Waals surface area (Å²) in [5.74, 6) is 0.161. The Balaban J connectivity index is 1.68. The number of fused-ring (bicyclic) bond motifs is 2. The van der Waals surface area contributed by atoms with E-state index in [0.29, 0.717) is 0 Å². The molecule has 0 radical (unpaired) electrons. The zero-order chi connectivity index (χ0) is 13.8. The number of nitrogens with zero attached hydrogens (tertiary/aromatic N) is 1. The first kappa shape index (κ1) is 12.4. The molecule has 2 aliphatic carbocycles. The minimum absolute atomic E-state index is 0.161. The molecule has 0 unspecified atom stereocenters. The number of hydrogen-bond donors (Lipinski definition) is 1. The molecule has 1 spiro atoms. The summed E-state index contributed by atoms with van der Waals surface area (Å²) < 4.78 is 0. The highest BCUT2D eigenvalue weighted by Crippen LogP contribution is 2.56. The maximum absolute atomic E-state index is 13.0. The third-order valence-electron chi connectivity index (χ3n) is 5.50. The van der Waals surface area contributed by atoms with E-state index in [-0.39, 0.29) is 11.3 Å². The largest absolute Gasteiger partial charge is 0.317 e. The van der Waals surface area contributed by atoms with Gasteiger partial charge in [0.25, 0.3) is 0 Å². The number of anilines is 1. The fourth-order valence-corrected chi connectivity index (χ4v) is 4.06. The number of hydrogen-bond acceptors (Lipinski definition) is 2. The van der Waals surface area contributed by atoms with Gasteiger partial charge in [0.05, 0.1) is 5.54 Å². The maximum atomic E-state index is 13.0. The van der Waals surface area contributed by atoms with Crippen LogP contribution in [0.3, 0.4) is 0 Å². The van der Waals surface area contributed by atoms with Crippen LogP contribution in [0.15, 0.2) is 24.3 Å². The second-order valence-corrected chi connectivity index (χ2v) is 6.91. The average molecular weight is 270 g/mol. The molecule has 0 aromatic heterocycles. The van der Waals surface area contributed by atoms with E-state index < -0.39 is 5.54 Å². The Morgan fingerprint density at radius 3 is 2.45 bits per heavy atom. The first-order chi connectivity index (χ1) is 9.65. The molecule has 106 valence electrons. The van der Waals surface area contributed by atoms with Gasteiger partial charge >= 0.3 is 0 Å². The van der Waals surface area contributed by atoms with E-state index in [1.54, 1.807) is 0 Å². The van der Waals surface area contributed by atoms with Gasteiger partial charge in [0, 0.05) is 17.6 Å². The van der Waals surface area contributed by atoms with E-state index in [1.807, 2.05) is 11.0 Å². The first-order valence-corrected chi connectivity index (χ1v) is 7.85. The highest BCUT2D eigenvalue weighted by atomic mass is 16.2. The van der Waals surface area contributed by atoms with Crippen molar-refractivity contribution >= 4 is 11.6 Å². The van der Waals surface area contributed by atoms with Gasteiger partial charge in [0.15, 0.2) is 0 Å². The third kappa shape index (κ3) is 1.65. The van der Waals surface area contributed by atoms with Gasteiger partial charge in [-0.05, 0) is 37.3 Å². The maximum Gasteiger partial charge on any atom is 0.247 e. The lowest BCUT2D eigenvalue weighted by Crippen LogP contribution is -2.56. The molecule has 1 amide bonds. The lowest BCUT2D eigenvalue weighted by molar-refractivity contribution is -0.124. The number of rotatable bonds is 1. The van der Waals surface area contributed by atoms with E-state index in [1.165, 1.54) is 24.8 Å². The molecule has 20 heavy (non-hydrogen) atoms. The minimum Gasteiger partial charge on any atom is -0.317 e. The van der Waals surface area contributed by atoms with E-state index >= 15 is 0 Å². The second kappa shape index (κ2) is 4.08. The smallest absolute Gasteiger partial charge is 0.247 e. The van der Waals surface area contributed by atoms with Crippen molar-refractivity contribution in [2.75, 3.05) is 11.4 Å². The number of benzene rings is 1. The molecule has 3 heteroatoms. The molecule has 1 aromatic rings. The van der Waals surface area contributed by atoms with Crippen molar-refractivity contribution in [3.05, 3.63) is 29.8 Å². The minimum atomic E-state index is -0.619. The fraction of sp³-hybridized carbons (Fsp3) is 0.588. The Bertz CT molecular complexity index is 556. The summed E-state index contributed by atoms with van der Waals surface area (Å²) in [5.41, 5.74) is 8.58. The SMILES string of the molecule is NC1(C(=O)N2CC3(CC3)c3ccccc32)CCCCC1. The molecule has 2 fully saturated rings. The molecule has 1 aromatic carbocycles. The van der Waals surface area contributed by atoms with E-state index in [2.05, 4.69) is 18.2 Å². The molecule has 3 nitrogen and oxygen atoms in total. The van der Waals surface area contributed by atoms with Crippen LogP contribution in [0, 0.1) is 0 Å². The van der Waals surface area contributed by atoms with Crippen LogP contribution in [-0.4, -0.2) is 18.0 Å². The molecule has 0 saturated heterocycles. The quantitative estimate of drug-likeness (QED) is 0.853. The van der Waals surface area contributed by atoms with Crippen molar-refractivity contribution in [1.82, 2.24) is 0 Å². The summed E-state index contributed by atoms with van der Waals surface area (Å²) in [4.78, 5) is 15.0. The number of nitrogens with two attached hydrogens (primary N) is 1. The van der Waals surface area contributed by atoms with Crippen LogP contribution in [0.1, 0.15) is 50.5 Å². The first-order valence-electron chi connectivity index (χ1n) is 7.85. The van der Waals surface area contributed by atoms with E-state index in [0.717, 1.165) is 37.9 Å². The topological polar surface area (TPSA) is 46.3 Å². The Morgan fingerprint density at radius 2 is 1.75 bits per heavy atom. The zero-order valence-corrected chi connectivity index (χ0v) is 11.9. The zero-order valence-electron chi connectivity index (χ0n) is 11.9. The molecular weight excluding hydrogens is 248 g/mol. The summed E-state index contributed by atoms with van der Waals surface area (Å²) in [7, 11) is 0. The van der Waals surface area contributed by atoms with Crippen LogP contribution >= 0.6 is 0 Å². The number of para-hydroxylation sites is 1. The van der Waals surface area contributed by atoms with E-state index in [9.17, 15) is 4.79 Å². The summed E-state index contributed by atoms with van der Waals surface area (Å²) >= 11 is 0. The Hall–Kier alpha value is -1.35. The van der Waals surface area contributed by atoms with Gasteiger partial charge < -0.3 is 10.6 Å². The molecular formula is C17H22N2O. The third-order valence-corrected chi connectivity index (χ3v) is 5.50. The van der Waals surface area contributed by atoms with Gasteiger partial charge in [-0.25, -0.2) is 0 Å². The van der Waals surface area contributed by atoms with Gasteiger partial charge in [-0.2, -0.15) is 0 Å². The predicted molar refractivity (Wildman–Crippen MR) is 79.7 cm³/mol. The number of amides is 1. The molecule has 1 aliphatic heterocycles. The Kier molecular flexibility index (Phi) is 2.53. The summed E-state index contributed by atoms with van der Waals surface area (Å²) in [6, 6.07) is 8.41. The predicted octanol–water partition coefficient (Wildman–Crippen LogP) is 2.73. The molecule has 3 aliphatic rings. The molecule has 0 bridgehead atoms. The molecule has 1 heterocycles. The lowest BCUT2D eigenvalue weighted by atomic mass is 9.81. The molecule has 2 N–H and O–H groups in total. The van der Waals surface area contributed by atoms with Gasteiger partial charge in [-0.1, -0.05) is 37.5 Å². The van der Waals surface area contributed by atoms with Crippen molar-refractivity contribution in [3.63, 3.8) is 0 Å². The van der Waals surface area contributed by atoms with Crippen LogP contribution in [0.25, 0.3) is 0 Å². The summed E-state index contributed by atoms with van der Waals surface area (Å²) in [5, 5.41) is 0. The van der Waals surface area contributed by atoms with Crippen LogP contribution < -0.4 is 10.6 Å². The summed E-state index contributed by atoms with van der Waals surface area (Å²) in [6.45, 7) is 0.851. The second-order valence-electron chi connectivity index (χ2n) is 6.91. The van der Waals surface area contributed by atoms with Crippen molar-refractivity contribution < 1.29 is 4.79 Å². The standard InChI is InChI=1S/C17H22N2O/c18-17(8-4-1-5-9-17)15(20)19-12-16(10-11-16)13-6-2-3-7-14(13)19/h2-3,6-7H,1,4-5,8-12,18H2. The van der Waals surface area contributed by atoms with Crippen molar-refractivity contribution in [2.45, 2.75) is 55.9 Å². The highest BCUT2D eigenvalue weighted by Gasteiger charge is 2.54. The molecule has 2 saturated carbocycles. The Morgan fingerprint density at radius 1 is 1.05 bits per heavy atom. The molecule has 0 atom stereocenters. The average Bonchev–Trinajstić information content (AvgIpc) is 3.18. The number of carbonyl (C=O) groups excluding carboxylic acids is 1. The van der Waals surface area contributed by atoms with Crippen molar-refractivity contribution in [1.29, 1.82) is 0 Å². The van der Waals surface area contributed by atoms with Gasteiger partial charge in [-0.15, -0.1) is 0 Å². The summed E-state index contributed by atoms with van der Waals surface area (Å²) in [6.07, 6.45) is 7.50. The van der Waals surface area contributed by atoms with Crippen LogP contribution in [-0.2, 0) is 10.2 Å². The monoisotopic (exact) mass is 270 g/mol. The highest BCUT2D eigenvalue weighted by molar-refractivity contribution is 6.02. The van der Waals surface area contributed by atoms with E-state index in [4.69, 9.17) is 5.73 Å². The molecule has 4 rings (SSSR count). The van der Waals surface area contributed by atoms with Gasteiger partial charge in [-0.3, -0.25) is 4.79 Å². The van der Waals surface area contributed by atoms with Crippen LogP contribution in [0.4, 0.5) is 5.69 Å². The Labute approximate surface area is 120 Å². The van der Waals surface area contributed by atoms with Crippen LogP contribution in [0.5, 0.6) is 0 Å². The van der Waals surface area contributed by atoms with Gasteiger partial charge in [0.2, 0.25) is 5.91 Å². The van der Waals surface area contributed by atoms with Crippen LogP contribution in [0.2, 0.25) is 0 Å².